The number of amides is 1. The molecular formula is C17H14ClFN4O4S2. The van der Waals surface area contributed by atoms with Crippen LogP contribution in [-0.4, -0.2) is 36.5 Å². The molecule has 3 aromatic rings. The molecule has 0 aliphatic carbocycles. The molecule has 0 aliphatic heterocycles. The first-order valence-corrected chi connectivity index (χ1v) is 11.2. The zero-order chi connectivity index (χ0) is 21.0. The fourth-order valence-corrected chi connectivity index (χ4v) is 3.49. The average molecular weight is 457 g/mol. The third kappa shape index (κ3) is 6.17. The number of benzene rings is 2. The molecule has 0 unspecified atom stereocenters. The molecule has 2 aromatic carbocycles. The number of anilines is 2. The molecule has 0 saturated carbocycles. The zero-order valence-electron chi connectivity index (χ0n) is 14.8. The van der Waals surface area contributed by atoms with Crippen LogP contribution in [0.3, 0.4) is 0 Å². The number of hydrogen-bond donors (Lipinski definition) is 2. The highest BCUT2D eigenvalue weighted by Crippen LogP contribution is 2.25. The molecule has 0 aliphatic rings. The summed E-state index contributed by atoms with van der Waals surface area (Å²) in [6.07, 6.45) is 1.06. The van der Waals surface area contributed by atoms with Crippen molar-refractivity contribution >= 4 is 50.7 Å². The van der Waals surface area contributed by atoms with Gasteiger partial charge in [0.2, 0.25) is 21.8 Å². The van der Waals surface area contributed by atoms with Crippen LogP contribution >= 0.6 is 23.4 Å². The minimum Gasteiger partial charge on any atom is -0.411 e. The molecule has 1 aromatic heterocycles. The molecule has 0 radical (unpaired) electrons. The summed E-state index contributed by atoms with van der Waals surface area (Å²) < 4.78 is 43.4. The molecule has 152 valence electrons. The largest absolute Gasteiger partial charge is 0.411 e. The third-order valence-electron chi connectivity index (χ3n) is 3.37. The van der Waals surface area contributed by atoms with Crippen LogP contribution in [0.4, 0.5) is 15.8 Å². The molecule has 2 N–H and O–H groups in total. The van der Waals surface area contributed by atoms with Gasteiger partial charge in [-0.15, -0.1) is 10.2 Å². The Bertz CT molecular complexity index is 1140. The fraction of sp³-hybridized carbons (Fsp3) is 0.118. The monoisotopic (exact) mass is 456 g/mol. The van der Waals surface area contributed by atoms with Crippen molar-refractivity contribution in [2.75, 3.05) is 22.0 Å². The molecule has 8 nitrogen and oxygen atoms in total. The van der Waals surface area contributed by atoms with Gasteiger partial charge in [-0.3, -0.25) is 9.52 Å². The van der Waals surface area contributed by atoms with Crippen LogP contribution in [0.5, 0.6) is 0 Å². The predicted octanol–water partition coefficient (Wildman–Crippen LogP) is 3.63. The van der Waals surface area contributed by atoms with E-state index in [1.807, 2.05) is 0 Å². The first-order chi connectivity index (χ1) is 13.7. The lowest BCUT2D eigenvalue weighted by molar-refractivity contribution is -0.113. The van der Waals surface area contributed by atoms with Gasteiger partial charge in [-0.05, 0) is 42.5 Å². The SMILES string of the molecule is CS(=O)(=O)Nc1ccc(-c2nnc(SCC(=O)Nc3ccc(F)c(Cl)c3)o2)cc1. The Morgan fingerprint density at radius 2 is 1.86 bits per heavy atom. The van der Waals surface area contributed by atoms with E-state index in [1.165, 1.54) is 12.1 Å². The smallest absolute Gasteiger partial charge is 0.277 e. The molecule has 0 fully saturated rings. The van der Waals surface area contributed by atoms with Crippen molar-refractivity contribution in [1.82, 2.24) is 10.2 Å². The van der Waals surface area contributed by atoms with E-state index in [-0.39, 0.29) is 27.8 Å². The van der Waals surface area contributed by atoms with Crippen molar-refractivity contribution < 1.29 is 22.0 Å². The van der Waals surface area contributed by atoms with Crippen LogP contribution in [0, 0.1) is 5.82 Å². The minimum atomic E-state index is -3.36. The lowest BCUT2D eigenvalue weighted by Gasteiger charge is -2.04. The van der Waals surface area contributed by atoms with E-state index in [1.54, 1.807) is 24.3 Å². The number of nitrogens with one attached hydrogen (secondary N) is 2. The van der Waals surface area contributed by atoms with Crippen molar-refractivity contribution in [2.24, 2.45) is 0 Å². The maximum Gasteiger partial charge on any atom is 0.277 e. The molecule has 12 heteroatoms. The predicted molar refractivity (Wildman–Crippen MR) is 109 cm³/mol. The Balaban J connectivity index is 1.57. The molecule has 0 bridgehead atoms. The Hall–Kier alpha value is -2.63. The second-order valence-corrected chi connectivity index (χ2v) is 8.87. The van der Waals surface area contributed by atoms with E-state index in [4.69, 9.17) is 16.0 Å². The van der Waals surface area contributed by atoms with Gasteiger partial charge in [0, 0.05) is 16.9 Å². The summed E-state index contributed by atoms with van der Waals surface area (Å²) in [5.74, 6) is -0.705. The van der Waals surface area contributed by atoms with E-state index in [9.17, 15) is 17.6 Å². The van der Waals surface area contributed by atoms with Gasteiger partial charge in [-0.2, -0.15) is 0 Å². The number of rotatable bonds is 7. The maximum absolute atomic E-state index is 13.1. The van der Waals surface area contributed by atoms with Crippen molar-refractivity contribution in [3.63, 3.8) is 0 Å². The van der Waals surface area contributed by atoms with Crippen molar-refractivity contribution in [1.29, 1.82) is 0 Å². The molecule has 0 spiro atoms. The highest BCUT2D eigenvalue weighted by atomic mass is 35.5. The van der Waals surface area contributed by atoms with E-state index >= 15 is 0 Å². The number of carbonyl (C=O) groups is 1. The molecule has 1 amide bonds. The summed E-state index contributed by atoms with van der Waals surface area (Å²) in [7, 11) is -3.36. The third-order valence-corrected chi connectivity index (χ3v) is 5.09. The van der Waals surface area contributed by atoms with E-state index in [2.05, 4.69) is 20.2 Å². The standard InChI is InChI=1S/C17H14ClFN4O4S2/c1-29(25,26)23-11-4-2-10(3-5-11)16-21-22-17(27-16)28-9-15(24)20-12-6-7-14(19)13(18)8-12/h2-8,23H,9H2,1H3,(H,20,24). The van der Waals surface area contributed by atoms with Crippen LogP contribution in [0.15, 0.2) is 52.1 Å². The van der Waals surface area contributed by atoms with E-state index in [0.717, 1.165) is 24.1 Å². The van der Waals surface area contributed by atoms with Crippen LogP contribution < -0.4 is 10.0 Å². The topological polar surface area (TPSA) is 114 Å². The van der Waals surface area contributed by atoms with Crippen LogP contribution in [0.25, 0.3) is 11.5 Å². The van der Waals surface area contributed by atoms with Gasteiger partial charge >= 0.3 is 0 Å². The maximum atomic E-state index is 13.1. The zero-order valence-corrected chi connectivity index (χ0v) is 17.2. The molecule has 0 saturated heterocycles. The van der Waals surface area contributed by atoms with Crippen molar-refractivity contribution in [3.05, 3.63) is 53.3 Å². The highest BCUT2D eigenvalue weighted by molar-refractivity contribution is 7.99. The number of halogens is 2. The van der Waals surface area contributed by atoms with E-state index in [0.29, 0.717) is 16.9 Å². The summed E-state index contributed by atoms with van der Waals surface area (Å²) >= 11 is 6.70. The van der Waals surface area contributed by atoms with Gasteiger partial charge in [0.15, 0.2) is 0 Å². The Labute approximate surface area is 174 Å². The summed E-state index contributed by atoms with van der Waals surface area (Å²) in [6.45, 7) is 0. The van der Waals surface area contributed by atoms with Gasteiger partial charge in [0.05, 0.1) is 17.0 Å². The number of carbonyl (C=O) groups excluding carboxylic acids is 1. The fourth-order valence-electron chi connectivity index (χ4n) is 2.18. The number of hydrogen-bond acceptors (Lipinski definition) is 7. The first kappa shape index (κ1) is 21.1. The molecule has 0 atom stereocenters. The van der Waals surface area contributed by atoms with E-state index < -0.39 is 15.8 Å². The quantitative estimate of drug-likeness (QED) is 0.521. The van der Waals surface area contributed by atoms with Gasteiger partial charge in [0.25, 0.3) is 5.22 Å². The molecule has 3 rings (SSSR count). The van der Waals surface area contributed by atoms with Gasteiger partial charge < -0.3 is 9.73 Å². The van der Waals surface area contributed by atoms with Gasteiger partial charge in [-0.25, -0.2) is 12.8 Å². The Kier molecular flexibility index (Phi) is 6.40. The minimum absolute atomic E-state index is 0.00611. The number of sulfonamides is 1. The van der Waals surface area contributed by atoms with Gasteiger partial charge in [-0.1, -0.05) is 23.4 Å². The lowest BCUT2D eigenvalue weighted by atomic mass is 10.2. The number of nitrogens with zero attached hydrogens (tertiary/aromatic N) is 2. The summed E-state index contributed by atoms with van der Waals surface area (Å²) in [4.78, 5) is 12.0. The summed E-state index contributed by atoms with van der Waals surface area (Å²) in [5.41, 5.74) is 1.37. The Morgan fingerprint density at radius 3 is 2.52 bits per heavy atom. The second kappa shape index (κ2) is 8.80. The summed E-state index contributed by atoms with van der Waals surface area (Å²) in [5, 5.41) is 10.5. The summed E-state index contributed by atoms with van der Waals surface area (Å²) in [6, 6.07) is 10.2. The molecule has 29 heavy (non-hydrogen) atoms. The normalized spacial score (nSPS) is 11.3. The van der Waals surface area contributed by atoms with Gasteiger partial charge in [0.1, 0.15) is 5.82 Å². The average Bonchev–Trinajstić information content (AvgIpc) is 3.11. The first-order valence-electron chi connectivity index (χ1n) is 7.99. The van der Waals surface area contributed by atoms with Crippen molar-refractivity contribution in [2.45, 2.75) is 5.22 Å². The Morgan fingerprint density at radius 1 is 1.17 bits per heavy atom. The molecular weight excluding hydrogens is 443 g/mol. The lowest BCUT2D eigenvalue weighted by Crippen LogP contribution is -2.14. The van der Waals surface area contributed by atoms with Crippen molar-refractivity contribution in [3.8, 4) is 11.5 Å². The van der Waals surface area contributed by atoms with Crippen LogP contribution in [0.1, 0.15) is 0 Å². The van der Waals surface area contributed by atoms with Crippen LogP contribution in [-0.2, 0) is 14.8 Å². The number of thioether (sulfide) groups is 1. The number of aromatic nitrogens is 2. The molecule has 1 heterocycles. The second-order valence-electron chi connectivity index (χ2n) is 5.79. The van der Waals surface area contributed by atoms with Crippen LogP contribution in [0.2, 0.25) is 5.02 Å². The highest BCUT2D eigenvalue weighted by Gasteiger charge is 2.12.